The van der Waals surface area contributed by atoms with Crippen molar-refractivity contribution in [3.63, 3.8) is 0 Å². The maximum atomic E-state index is 13.1. The van der Waals surface area contributed by atoms with Crippen LogP contribution in [-0.2, 0) is 19.2 Å². The monoisotopic (exact) mass is 413 g/mol. The van der Waals surface area contributed by atoms with Crippen molar-refractivity contribution in [2.45, 2.75) is 75.9 Å². The normalized spacial score (nSPS) is 26.0. The van der Waals surface area contributed by atoms with Gasteiger partial charge in [-0.25, -0.2) is 0 Å². The molecule has 0 saturated carbocycles. The molecular weight excluding hydrogens is 382 g/mol. The third-order valence-electron chi connectivity index (χ3n) is 5.55. The van der Waals surface area contributed by atoms with Crippen molar-refractivity contribution in [2.24, 2.45) is 11.5 Å². The molecule has 2 saturated heterocycles. The molecular formula is C18H31N5O6. The molecule has 2 aliphatic rings. The summed E-state index contributed by atoms with van der Waals surface area (Å²) in [5.74, 6) is -2.31. The molecule has 2 aliphatic heterocycles. The van der Waals surface area contributed by atoms with Gasteiger partial charge in [0.05, 0.1) is 12.2 Å². The van der Waals surface area contributed by atoms with E-state index >= 15 is 0 Å². The molecule has 4 amide bonds. The Hall–Kier alpha value is -2.24. The van der Waals surface area contributed by atoms with Crippen LogP contribution >= 0.6 is 0 Å². The number of likely N-dealkylation sites (tertiary alicyclic amines) is 2. The number of hydrogen-bond donors (Lipinski definition) is 5. The first kappa shape index (κ1) is 23.0. The molecule has 6 atom stereocenters. The highest BCUT2D eigenvalue weighted by molar-refractivity contribution is 5.95. The summed E-state index contributed by atoms with van der Waals surface area (Å²) in [4.78, 5) is 52.5. The zero-order valence-corrected chi connectivity index (χ0v) is 16.8. The SMILES string of the molecule is C[C@@H](O)[C@H](NC(=O)[C@@H]1CCCN1C(=O)C1CCCN1C(=O)[C@H](N)[C@@H](C)O)C(N)=O. The van der Waals surface area contributed by atoms with Gasteiger partial charge in [0.25, 0.3) is 0 Å². The third kappa shape index (κ3) is 5.03. The maximum absolute atomic E-state index is 13.1. The Labute approximate surface area is 169 Å². The molecule has 2 rings (SSSR count). The summed E-state index contributed by atoms with van der Waals surface area (Å²) < 4.78 is 0. The molecule has 11 heteroatoms. The minimum Gasteiger partial charge on any atom is -0.391 e. The van der Waals surface area contributed by atoms with E-state index in [1.54, 1.807) is 0 Å². The Bertz CT molecular complexity index is 655. The lowest BCUT2D eigenvalue weighted by molar-refractivity contribution is -0.148. The molecule has 0 bridgehead atoms. The second-order valence-corrected chi connectivity index (χ2v) is 7.77. The lowest BCUT2D eigenvalue weighted by Crippen LogP contribution is -2.58. The Balaban J connectivity index is 2.11. The molecule has 1 unspecified atom stereocenters. The third-order valence-corrected chi connectivity index (χ3v) is 5.55. The lowest BCUT2D eigenvalue weighted by Gasteiger charge is -2.33. The van der Waals surface area contributed by atoms with Gasteiger partial charge < -0.3 is 36.8 Å². The van der Waals surface area contributed by atoms with Gasteiger partial charge in [-0.15, -0.1) is 0 Å². The van der Waals surface area contributed by atoms with Crippen LogP contribution in [0.3, 0.4) is 0 Å². The van der Waals surface area contributed by atoms with Crippen molar-refractivity contribution in [3.8, 4) is 0 Å². The summed E-state index contributed by atoms with van der Waals surface area (Å²) in [6.07, 6.45) is -0.170. The van der Waals surface area contributed by atoms with Crippen molar-refractivity contribution in [1.82, 2.24) is 15.1 Å². The fourth-order valence-electron chi connectivity index (χ4n) is 3.86. The van der Waals surface area contributed by atoms with Gasteiger partial charge in [0, 0.05) is 13.1 Å². The highest BCUT2D eigenvalue weighted by atomic mass is 16.3. The van der Waals surface area contributed by atoms with Crippen LogP contribution in [0, 0.1) is 0 Å². The highest BCUT2D eigenvalue weighted by Crippen LogP contribution is 2.25. The van der Waals surface area contributed by atoms with E-state index in [0.29, 0.717) is 38.8 Å². The summed E-state index contributed by atoms with van der Waals surface area (Å²) in [5, 5.41) is 21.6. The van der Waals surface area contributed by atoms with Gasteiger partial charge in [0.2, 0.25) is 23.6 Å². The molecule has 0 spiro atoms. The number of rotatable bonds is 7. The molecule has 29 heavy (non-hydrogen) atoms. The zero-order chi connectivity index (χ0) is 21.9. The first-order valence-electron chi connectivity index (χ1n) is 9.88. The Kier molecular flexibility index (Phi) is 7.55. The van der Waals surface area contributed by atoms with Crippen LogP contribution in [0.2, 0.25) is 0 Å². The quantitative estimate of drug-likeness (QED) is 0.295. The molecule has 7 N–H and O–H groups in total. The van der Waals surface area contributed by atoms with E-state index in [1.807, 2.05) is 0 Å². The summed E-state index contributed by atoms with van der Waals surface area (Å²) in [7, 11) is 0. The molecule has 11 nitrogen and oxygen atoms in total. The van der Waals surface area contributed by atoms with Crippen molar-refractivity contribution in [3.05, 3.63) is 0 Å². The Morgan fingerprint density at radius 3 is 2.03 bits per heavy atom. The van der Waals surface area contributed by atoms with Crippen molar-refractivity contribution in [2.75, 3.05) is 13.1 Å². The van der Waals surface area contributed by atoms with Gasteiger partial charge in [0.1, 0.15) is 24.2 Å². The second-order valence-electron chi connectivity index (χ2n) is 7.77. The van der Waals surface area contributed by atoms with E-state index in [2.05, 4.69) is 5.32 Å². The number of amides is 4. The van der Waals surface area contributed by atoms with Crippen LogP contribution in [0.5, 0.6) is 0 Å². The second kappa shape index (κ2) is 9.51. The number of carbonyl (C=O) groups is 4. The predicted octanol–water partition coefficient (Wildman–Crippen LogP) is -2.97. The van der Waals surface area contributed by atoms with E-state index in [1.165, 1.54) is 23.6 Å². The van der Waals surface area contributed by atoms with Crippen molar-refractivity contribution >= 4 is 23.6 Å². The number of nitrogens with zero attached hydrogens (tertiary/aromatic N) is 2. The summed E-state index contributed by atoms with van der Waals surface area (Å²) in [6.45, 7) is 3.44. The first-order valence-corrected chi connectivity index (χ1v) is 9.88. The smallest absolute Gasteiger partial charge is 0.246 e. The topological polar surface area (TPSA) is 179 Å². The summed E-state index contributed by atoms with van der Waals surface area (Å²) in [5.41, 5.74) is 11.0. The van der Waals surface area contributed by atoms with E-state index in [4.69, 9.17) is 11.5 Å². The van der Waals surface area contributed by atoms with Crippen LogP contribution in [0.4, 0.5) is 0 Å². The molecule has 164 valence electrons. The number of carbonyl (C=O) groups excluding carboxylic acids is 4. The van der Waals surface area contributed by atoms with Gasteiger partial charge in [-0.2, -0.15) is 0 Å². The minimum atomic E-state index is -1.26. The van der Waals surface area contributed by atoms with Crippen molar-refractivity contribution in [1.29, 1.82) is 0 Å². The van der Waals surface area contributed by atoms with E-state index in [-0.39, 0.29) is 5.91 Å². The fraction of sp³-hybridized carbons (Fsp3) is 0.778. The van der Waals surface area contributed by atoms with Crippen LogP contribution in [0.1, 0.15) is 39.5 Å². The van der Waals surface area contributed by atoms with E-state index < -0.39 is 54.1 Å². The number of nitrogens with one attached hydrogen (secondary N) is 1. The number of aliphatic hydroxyl groups is 2. The molecule has 0 aliphatic carbocycles. The Morgan fingerprint density at radius 2 is 1.52 bits per heavy atom. The highest BCUT2D eigenvalue weighted by Gasteiger charge is 2.43. The van der Waals surface area contributed by atoms with Crippen molar-refractivity contribution < 1.29 is 29.4 Å². The Morgan fingerprint density at radius 1 is 0.966 bits per heavy atom. The molecule has 2 fully saturated rings. The van der Waals surface area contributed by atoms with E-state index in [0.717, 1.165) is 0 Å². The first-order chi connectivity index (χ1) is 13.6. The molecule has 0 aromatic rings. The van der Waals surface area contributed by atoms with Gasteiger partial charge in [0.15, 0.2) is 0 Å². The lowest BCUT2D eigenvalue weighted by atomic mass is 10.1. The van der Waals surface area contributed by atoms with E-state index in [9.17, 15) is 29.4 Å². The van der Waals surface area contributed by atoms with Crippen LogP contribution in [0.25, 0.3) is 0 Å². The van der Waals surface area contributed by atoms with Crippen LogP contribution in [0.15, 0.2) is 0 Å². The number of nitrogens with two attached hydrogens (primary N) is 2. The molecule has 2 heterocycles. The standard InChI is InChI=1S/C18H31N5O6/c1-9(24)13(19)18(29)23-8-4-6-12(23)17(28)22-7-3-5-11(22)16(27)21-14(10(2)25)15(20)26/h9-14,24-25H,3-8,19H2,1-2H3,(H2,20,26)(H,21,27)/t9-,10-,11+,12?,13-,14+/m1/s1. The molecule has 0 radical (unpaired) electrons. The number of primary amides is 1. The molecule has 0 aromatic heterocycles. The number of aliphatic hydroxyl groups excluding tert-OH is 2. The van der Waals surface area contributed by atoms with Crippen LogP contribution in [-0.4, -0.2) is 93.1 Å². The molecule has 0 aromatic carbocycles. The van der Waals surface area contributed by atoms with Gasteiger partial charge in [-0.1, -0.05) is 0 Å². The van der Waals surface area contributed by atoms with Gasteiger partial charge >= 0.3 is 0 Å². The maximum Gasteiger partial charge on any atom is 0.246 e. The zero-order valence-electron chi connectivity index (χ0n) is 16.8. The van der Waals surface area contributed by atoms with Crippen LogP contribution < -0.4 is 16.8 Å². The fourth-order valence-corrected chi connectivity index (χ4v) is 3.86. The number of hydrogen-bond acceptors (Lipinski definition) is 7. The summed E-state index contributed by atoms with van der Waals surface area (Å²) >= 11 is 0. The average Bonchev–Trinajstić information content (AvgIpc) is 3.32. The van der Waals surface area contributed by atoms with Gasteiger partial charge in [-0.05, 0) is 39.5 Å². The van der Waals surface area contributed by atoms with Gasteiger partial charge in [-0.3, -0.25) is 19.2 Å². The average molecular weight is 413 g/mol. The minimum absolute atomic E-state index is 0.341. The predicted molar refractivity (Wildman–Crippen MR) is 102 cm³/mol. The summed E-state index contributed by atoms with van der Waals surface area (Å²) in [6, 6.07) is -3.94. The largest absolute Gasteiger partial charge is 0.391 e.